The maximum atomic E-state index is 7.87. The SMILES string of the molecule is CC(C)N(C=N)C(=N)c1cccc(Cl)n1. The number of nitrogens with zero attached hydrogens (tertiary/aromatic N) is 2. The first-order chi connectivity index (χ1) is 7.06. The Bertz CT molecular complexity index is 375. The van der Waals surface area contributed by atoms with Crippen LogP contribution in [0.4, 0.5) is 0 Å². The van der Waals surface area contributed by atoms with Gasteiger partial charge in [-0.15, -0.1) is 0 Å². The van der Waals surface area contributed by atoms with Gasteiger partial charge in [0.05, 0.1) is 6.34 Å². The normalized spacial score (nSPS) is 10.1. The Morgan fingerprint density at radius 3 is 2.67 bits per heavy atom. The summed E-state index contributed by atoms with van der Waals surface area (Å²) >= 11 is 5.73. The number of hydrogen-bond donors (Lipinski definition) is 2. The first-order valence-electron chi connectivity index (χ1n) is 4.56. The van der Waals surface area contributed by atoms with E-state index in [4.69, 9.17) is 22.4 Å². The summed E-state index contributed by atoms with van der Waals surface area (Å²) in [5.74, 6) is 0.183. The highest BCUT2D eigenvalue weighted by atomic mass is 35.5. The fraction of sp³-hybridized carbons (Fsp3) is 0.300. The molecule has 0 radical (unpaired) electrons. The summed E-state index contributed by atoms with van der Waals surface area (Å²) in [6.07, 6.45) is 1.12. The van der Waals surface area contributed by atoms with Crippen molar-refractivity contribution in [3.8, 4) is 0 Å². The van der Waals surface area contributed by atoms with Crippen molar-refractivity contribution in [3.63, 3.8) is 0 Å². The minimum atomic E-state index is 0.0516. The average Bonchev–Trinajstić information content (AvgIpc) is 2.18. The van der Waals surface area contributed by atoms with Gasteiger partial charge in [0.2, 0.25) is 0 Å². The van der Waals surface area contributed by atoms with Crippen molar-refractivity contribution in [2.45, 2.75) is 19.9 Å². The topological polar surface area (TPSA) is 63.8 Å². The van der Waals surface area contributed by atoms with Gasteiger partial charge in [-0.2, -0.15) is 0 Å². The molecule has 1 rings (SSSR count). The number of aromatic nitrogens is 1. The van der Waals surface area contributed by atoms with Gasteiger partial charge < -0.3 is 4.90 Å². The molecule has 4 nitrogen and oxygen atoms in total. The van der Waals surface area contributed by atoms with Gasteiger partial charge in [0.1, 0.15) is 10.8 Å². The van der Waals surface area contributed by atoms with Crippen LogP contribution in [0.1, 0.15) is 19.5 Å². The van der Waals surface area contributed by atoms with E-state index in [-0.39, 0.29) is 11.9 Å². The second-order valence-electron chi connectivity index (χ2n) is 3.32. The molecule has 0 bridgehead atoms. The minimum absolute atomic E-state index is 0.0516. The molecular weight excluding hydrogens is 212 g/mol. The van der Waals surface area contributed by atoms with Crippen molar-refractivity contribution < 1.29 is 0 Å². The average molecular weight is 225 g/mol. The van der Waals surface area contributed by atoms with Gasteiger partial charge in [0, 0.05) is 6.04 Å². The molecule has 0 amide bonds. The van der Waals surface area contributed by atoms with Crippen molar-refractivity contribution in [1.82, 2.24) is 9.88 Å². The highest BCUT2D eigenvalue weighted by molar-refractivity contribution is 6.29. The van der Waals surface area contributed by atoms with Crippen LogP contribution in [0.15, 0.2) is 18.2 Å². The van der Waals surface area contributed by atoms with Gasteiger partial charge in [0.25, 0.3) is 0 Å². The maximum absolute atomic E-state index is 7.87. The number of rotatable bonds is 3. The number of hydrogen-bond acceptors (Lipinski definition) is 3. The van der Waals surface area contributed by atoms with Gasteiger partial charge in [-0.3, -0.25) is 10.8 Å². The summed E-state index contributed by atoms with van der Waals surface area (Å²) in [4.78, 5) is 5.53. The number of nitrogens with one attached hydrogen (secondary N) is 2. The molecule has 0 saturated carbocycles. The van der Waals surface area contributed by atoms with Crippen molar-refractivity contribution in [2.24, 2.45) is 0 Å². The van der Waals surface area contributed by atoms with Crippen LogP contribution in [0.2, 0.25) is 5.15 Å². The number of pyridine rings is 1. The third-order valence-electron chi connectivity index (χ3n) is 1.91. The Morgan fingerprint density at radius 2 is 2.20 bits per heavy atom. The summed E-state index contributed by atoms with van der Waals surface area (Å²) in [5, 5.41) is 15.4. The van der Waals surface area contributed by atoms with Crippen LogP contribution >= 0.6 is 11.6 Å². The lowest BCUT2D eigenvalue weighted by molar-refractivity contribution is 0.507. The maximum Gasteiger partial charge on any atom is 0.152 e. The molecule has 2 N–H and O–H groups in total. The molecule has 5 heteroatoms. The highest BCUT2D eigenvalue weighted by Gasteiger charge is 2.13. The molecule has 0 aromatic carbocycles. The summed E-state index contributed by atoms with van der Waals surface area (Å²) in [5.41, 5.74) is 0.472. The second kappa shape index (κ2) is 4.89. The van der Waals surface area contributed by atoms with Gasteiger partial charge in [-0.25, -0.2) is 4.98 Å². The summed E-state index contributed by atoms with van der Waals surface area (Å²) < 4.78 is 0. The molecule has 0 saturated heterocycles. The van der Waals surface area contributed by atoms with Crippen LogP contribution < -0.4 is 0 Å². The molecule has 0 aliphatic carbocycles. The Labute approximate surface area is 93.9 Å². The van der Waals surface area contributed by atoms with Crippen molar-refractivity contribution in [2.75, 3.05) is 0 Å². The molecule has 15 heavy (non-hydrogen) atoms. The zero-order valence-corrected chi connectivity index (χ0v) is 9.42. The lowest BCUT2D eigenvalue weighted by Crippen LogP contribution is -2.35. The third-order valence-corrected chi connectivity index (χ3v) is 2.12. The quantitative estimate of drug-likeness (QED) is 0.470. The van der Waals surface area contributed by atoms with Crippen molar-refractivity contribution in [3.05, 3.63) is 29.0 Å². The number of halogens is 1. The first kappa shape index (κ1) is 11.7. The molecular formula is C10H13ClN4. The van der Waals surface area contributed by atoms with E-state index in [0.717, 1.165) is 6.34 Å². The molecule has 0 aliphatic heterocycles. The van der Waals surface area contributed by atoms with Crippen LogP contribution in [-0.4, -0.2) is 28.1 Å². The monoisotopic (exact) mass is 224 g/mol. The van der Waals surface area contributed by atoms with Gasteiger partial charge >= 0.3 is 0 Å². The molecule has 0 aliphatic rings. The molecule has 0 unspecified atom stereocenters. The Kier molecular flexibility index (Phi) is 3.80. The third kappa shape index (κ3) is 2.76. The van der Waals surface area contributed by atoms with Crippen LogP contribution in [0.25, 0.3) is 0 Å². The fourth-order valence-electron chi connectivity index (χ4n) is 1.14. The van der Waals surface area contributed by atoms with E-state index in [0.29, 0.717) is 10.8 Å². The number of amidine groups is 1. The molecule has 1 heterocycles. The summed E-state index contributed by atoms with van der Waals surface area (Å²) in [6.45, 7) is 3.81. The zero-order valence-electron chi connectivity index (χ0n) is 8.66. The van der Waals surface area contributed by atoms with Gasteiger partial charge in [-0.1, -0.05) is 17.7 Å². The van der Waals surface area contributed by atoms with E-state index < -0.39 is 0 Å². The molecule has 0 spiro atoms. The largest absolute Gasteiger partial charge is 0.314 e. The van der Waals surface area contributed by atoms with E-state index in [1.54, 1.807) is 18.2 Å². The molecule has 0 fully saturated rings. The minimum Gasteiger partial charge on any atom is -0.314 e. The van der Waals surface area contributed by atoms with Crippen molar-refractivity contribution >= 4 is 23.8 Å². The van der Waals surface area contributed by atoms with Crippen molar-refractivity contribution in [1.29, 1.82) is 10.8 Å². The Morgan fingerprint density at radius 1 is 1.53 bits per heavy atom. The fourth-order valence-corrected chi connectivity index (χ4v) is 1.31. The summed E-state index contributed by atoms with van der Waals surface area (Å²) in [6, 6.07) is 5.15. The lowest BCUT2D eigenvalue weighted by Gasteiger charge is -2.23. The molecule has 1 aromatic rings. The van der Waals surface area contributed by atoms with Crippen LogP contribution in [0, 0.1) is 10.8 Å². The predicted octanol–water partition coefficient (Wildman–Crippen LogP) is 2.38. The Hall–Kier alpha value is -1.42. The first-order valence-corrected chi connectivity index (χ1v) is 4.94. The zero-order chi connectivity index (χ0) is 11.4. The highest BCUT2D eigenvalue weighted by Crippen LogP contribution is 2.08. The molecule has 0 atom stereocenters. The second-order valence-corrected chi connectivity index (χ2v) is 3.71. The van der Waals surface area contributed by atoms with E-state index >= 15 is 0 Å². The van der Waals surface area contributed by atoms with Crippen LogP contribution in [0.3, 0.4) is 0 Å². The Balaban J connectivity index is 2.98. The van der Waals surface area contributed by atoms with E-state index in [1.165, 1.54) is 4.90 Å². The van der Waals surface area contributed by atoms with E-state index in [9.17, 15) is 0 Å². The molecule has 1 aromatic heterocycles. The lowest BCUT2D eigenvalue weighted by atomic mass is 10.2. The smallest absolute Gasteiger partial charge is 0.152 e. The standard InChI is InChI=1S/C10H13ClN4/c1-7(2)15(6-12)10(13)8-4-3-5-9(11)14-8/h3-7,12-13H,1-2H3. The molecule has 80 valence electrons. The van der Waals surface area contributed by atoms with Gasteiger partial charge in [-0.05, 0) is 26.0 Å². The summed E-state index contributed by atoms with van der Waals surface area (Å²) in [7, 11) is 0. The van der Waals surface area contributed by atoms with Gasteiger partial charge in [0.15, 0.2) is 5.84 Å². The van der Waals surface area contributed by atoms with E-state index in [2.05, 4.69) is 4.98 Å². The predicted molar refractivity (Wildman–Crippen MR) is 61.8 cm³/mol. The van der Waals surface area contributed by atoms with Crippen LogP contribution in [-0.2, 0) is 0 Å². The van der Waals surface area contributed by atoms with E-state index in [1.807, 2.05) is 13.8 Å². The van der Waals surface area contributed by atoms with Crippen LogP contribution in [0.5, 0.6) is 0 Å².